The van der Waals surface area contributed by atoms with E-state index in [1.165, 1.54) is 6.42 Å². The first kappa shape index (κ1) is 14.8. The average Bonchev–Trinajstić information content (AvgIpc) is 2.82. The van der Waals surface area contributed by atoms with Gasteiger partial charge in [-0.15, -0.1) is 11.3 Å². The van der Waals surface area contributed by atoms with Crippen LogP contribution in [0.3, 0.4) is 0 Å². The molecule has 1 aliphatic rings. The van der Waals surface area contributed by atoms with Crippen molar-refractivity contribution >= 4 is 39.2 Å². The van der Waals surface area contributed by atoms with Gasteiger partial charge in [-0.25, -0.2) is 0 Å². The standard InChI is InChI=1S/C14H19BrN2OS/c1-16-8-11-3-2-6-17(9-11)14(18)5-4-13-7-12(15)10-19-13/h4-5,7,10-11,16H,2-3,6,8-9H2,1H3. The van der Waals surface area contributed by atoms with Crippen LogP contribution in [0.4, 0.5) is 0 Å². The van der Waals surface area contributed by atoms with Crippen molar-refractivity contribution in [2.24, 2.45) is 5.92 Å². The largest absolute Gasteiger partial charge is 0.339 e. The van der Waals surface area contributed by atoms with E-state index >= 15 is 0 Å². The molecule has 1 aromatic rings. The first-order chi connectivity index (χ1) is 9.19. The van der Waals surface area contributed by atoms with Crippen molar-refractivity contribution in [2.75, 3.05) is 26.7 Å². The van der Waals surface area contributed by atoms with Gasteiger partial charge in [-0.3, -0.25) is 4.79 Å². The molecule has 1 unspecified atom stereocenters. The number of amides is 1. The first-order valence-electron chi connectivity index (χ1n) is 6.54. The van der Waals surface area contributed by atoms with Crippen LogP contribution in [0.2, 0.25) is 0 Å². The van der Waals surface area contributed by atoms with Crippen LogP contribution in [-0.2, 0) is 4.79 Å². The molecule has 1 amide bonds. The Hall–Kier alpha value is -0.650. The monoisotopic (exact) mass is 342 g/mol. The quantitative estimate of drug-likeness (QED) is 0.853. The Balaban J connectivity index is 1.90. The van der Waals surface area contributed by atoms with Gasteiger partial charge >= 0.3 is 0 Å². The van der Waals surface area contributed by atoms with E-state index in [-0.39, 0.29) is 5.91 Å². The highest BCUT2D eigenvalue weighted by Gasteiger charge is 2.21. The minimum Gasteiger partial charge on any atom is -0.339 e. The van der Waals surface area contributed by atoms with Gasteiger partial charge in [0, 0.05) is 33.9 Å². The van der Waals surface area contributed by atoms with Crippen LogP contribution in [0.5, 0.6) is 0 Å². The Kier molecular flexibility index (Phi) is 5.60. The summed E-state index contributed by atoms with van der Waals surface area (Å²) in [4.78, 5) is 15.2. The molecule has 0 radical (unpaired) electrons. The summed E-state index contributed by atoms with van der Waals surface area (Å²) in [5.41, 5.74) is 0. The molecule has 5 heteroatoms. The molecule has 1 aliphatic heterocycles. The third kappa shape index (κ3) is 4.44. The average molecular weight is 343 g/mol. The number of piperidine rings is 1. The molecular formula is C14H19BrN2OS. The zero-order valence-electron chi connectivity index (χ0n) is 11.1. The van der Waals surface area contributed by atoms with Gasteiger partial charge in [-0.05, 0) is 60.4 Å². The zero-order chi connectivity index (χ0) is 13.7. The Morgan fingerprint density at radius 2 is 2.53 bits per heavy atom. The van der Waals surface area contributed by atoms with Crippen LogP contribution in [0.1, 0.15) is 17.7 Å². The molecule has 0 bridgehead atoms. The summed E-state index contributed by atoms with van der Waals surface area (Å²) in [5.74, 6) is 0.720. The van der Waals surface area contributed by atoms with Gasteiger partial charge in [0.05, 0.1) is 0 Å². The molecule has 19 heavy (non-hydrogen) atoms. The van der Waals surface area contributed by atoms with Gasteiger partial charge in [0.1, 0.15) is 0 Å². The van der Waals surface area contributed by atoms with Crippen molar-refractivity contribution < 1.29 is 4.79 Å². The fourth-order valence-corrected chi connectivity index (χ4v) is 3.73. The fraction of sp³-hybridized carbons (Fsp3) is 0.500. The van der Waals surface area contributed by atoms with E-state index in [4.69, 9.17) is 0 Å². The van der Waals surface area contributed by atoms with Crippen molar-refractivity contribution in [2.45, 2.75) is 12.8 Å². The Labute approximate surface area is 126 Å². The maximum Gasteiger partial charge on any atom is 0.246 e. The van der Waals surface area contributed by atoms with Crippen LogP contribution in [-0.4, -0.2) is 37.5 Å². The lowest BCUT2D eigenvalue weighted by atomic mass is 9.98. The number of hydrogen-bond donors (Lipinski definition) is 1. The van der Waals surface area contributed by atoms with E-state index in [0.29, 0.717) is 5.92 Å². The SMILES string of the molecule is CNCC1CCCN(C(=O)C=Cc2cc(Br)cs2)C1. The summed E-state index contributed by atoms with van der Waals surface area (Å²) in [6.07, 6.45) is 5.92. The van der Waals surface area contributed by atoms with E-state index in [1.807, 2.05) is 29.5 Å². The molecule has 1 saturated heterocycles. The third-order valence-corrected chi connectivity index (χ3v) is 4.96. The number of nitrogens with zero attached hydrogens (tertiary/aromatic N) is 1. The van der Waals surface area contributed by atoms with Crippen molar-refractivity contribution in [1.29, 1.82) is 0 Å². The van der Waals surface area contributed by atoms with Gasteiger partial charge in [0.25, 0.3) is 0 Å². The Bertz CT molecular complexity index is 456. The number of halogens is 1. The molecule has 3 nitrogen and oxygen atoms in total. The van der Waals surface area contributed by atoms with E-state index < -0.39 is 0 Å². The number of thiophene rings is 1. The van der Waals surface area contributed by atoms with Crippen LogP contribution in [0.25, 0.3) is 6.08 Å². The lowest BCUT2D eigenvalue weighted by Crippen LogP contribution is -2.41. The van der Waals surface area contributed by atoms with Gasteiger partial charge in [0.2, 0.25) is 5.91 Å². The summed E-state index contributed by atoms with van der Waals surface area (Å²) in [6.45, 7) is 2.75. The molecule has 0 spiro atoms. The van der Waals surface area contributed by atoms with Crippen LogP contribution in [0.15, 0.2) is 22.0 Å². The first-order valence-corrected chi connectivity index (χ1v) is 8.22. The molecule has 0 aliphatic carbocycles. The summed E-state index contributed by atoms with van der Waals surface area (Å²) < 4.78 is 1.07. The molecule has 2 rings (SSSR count). The number of hydrogen-bond acceptors (Lipinski definition) is 3. The minimum atomic E-state index is 0.130. The van der Waals surface area contributed by atoms with E-state index in [2.05, 4.69) is 21.2 Å². The second-order valence-electron chi connectivity index (χ2n) is 4.85. The molecule has 1 N–H and O–H groups in total. The van der Waals surface area contributed by atoms with Gasteiger partial charge in [-0.1, -0.05) is 0 Å². The number of rotatable bonds is 4. The second-order valence-corrected chi connectivity index (χ2v) is 6.71. The number of carbonyl (C=O) groups excluding carboxylic acids is 1. The maximum atomic E-state index is 12.1. The molecular weight excluding hydrogens is 324 g/mol. The Morgan fingerprint density at radius 3 is 3.21 bits per heavy atom. The molecule has 0 saturated carbocycles. The van der Waals surface area contributed by atoms with E-state index in [0.717, 1.165) is 35.4 Å². The van der Waals surface area contributed by atoms with Crippen molar-refractivity contribution in [3.8, 4) is 0 Å². The second kappa shape index (κ2) is 7.22. The molecule has 104 valence electrons. The number of nitrogens with one attached hydrogen (secondary N) is 1. The van der Waals surface area contributed by atoms with Crippen LogP contribution < -0.4 is 5.32 Å². The molecule has 2 heterocycles. The maximum absolute atomic E-state index is 12.1. The lowest BCUT2D eigenvalue weighted by Gasteiger charge is -2.32. The lowest BCUT2D eigenvalue weighted by molar-refractivity contribution is -0.127. The van der Waals surface area contributed by atoms with E-state index in [9.17, 15) is 4.79 Å². The highest BCUT2D eigenvalue weighted by molar-refractivity contribution is 9.10. The summed E-state index contributed by atoms with van der Waals surface area (Å²) in [5, 5.41) is 5.22. The smallest absolute Gasteiger partial charge is 0.246 e. The van der Waals surface area contributed by atoms with Crippen molar-refractivity contribution in [3.63, 3.8) is 0 Å². The normalized spacial score (nSPS) is 20.1. The van der Waals surface area contributed by atoms with Gasteiger partial charge in [-0.2, -0.15) is 0 Å². The molecule has 1 fully saturated rings. The summed E-state index contributed by atoms with van der Waals surface area (Å²) >= 11 is 5.05. The predicted octanol–water partition coefficient (Wildman–Crippen LogP) is 2.98. The molecule has 1 aromatic heterocycles. The minimum absolute atomic E-state index is 0.130. The van der Waals surface area contributed by atoms with Gasteiger partial charge in [0.15, 0.2) is 0 Å². The number of likely N-dealkylation sites (tertiary alicyclic amines) is 1. The summed E-state index contributed by atoms with van der Waals surface area (Å²) in [6, 6.07) is 2.02. The van der Waals surface area contributed by atoms with E-state index in [1.54, 1.807) is 17.4 Å². The third-order valence-electron chi connectivity index (χ3n) is 3.30. The van der Waals surface area contributed by atoms with Gasteiger partial charge < -0.3 is 10.2 Å². The molecule has 0 aromatic carbocycles. The highest BCUT2D eigenvalue weighted by Crippen LogP contribution is 2.21. The van der Waals surface area contributed by atoms with Crippen LogP contribution >= 0.6 is 27.3 Å². The molecule has 1 atom stereocenters. The predicted molar refractivity (Wildman–Crippen MR) is 84.3 cm³/mol. The highest BCUT2D eigenvalue weighted by atomic mass is 79.9. The number of carbonyl (C=O) groups is 1. The summed E-state index contributed by atoms with van der Waals surface area (Å²) in [7, 11) is 1.97. The van der Waals surface area contributed by atoms with Crippen molar-refractivity contribution in [3.05, 3.63) is 26.9 Å². The topological polar surface area (TPSA) is 32.3 Å². The zero-order valence-corrected chi connectivity index (χ0v) is 13.5. The fourth-order valence-electron chi connectivity index (χ4n) is 2.40. The van der Waals surface area contributed by atoms with Crippen molar-refractivity contribution in [1.82, 2.24) is 10.2 Å². The Morgan fingerprint density at radius 1 is 1.68 bits per heavy atom. The van der Waals surface area contributed by atoms with Crippen LogP contribution in [0, 0.1) is 5.92 Å².